The zero-order chi connectivity index (χ0) is 13.9. The van der Waals surface area contributed by atoms with E-state index in [-0.39, 0.29) is 0 Å². The Bertz CT molecular complexity index is 741. The Hall–Kier alpha value is -2.20. The molecule has 3 rings (SSSR count). The zero-order valence-corrected chi connectivity index (χ0v) is 11.9. The molecule has 0 aliphatic rings. The Morgan fingerprint density at radius 2 is 1.80 bits per heavy atom. The highest BCUT2D eigenvalue weighted by Crippen LogP contribution is 2.33. The smallest absolute Gasteiger partial charge is 0.135 e. The van der Waals surface area contributed by atoms with Gasteiger partial charge < -0.3 is 10.5 Å². The second kappa shape index (κ2) is 5.43. The van der Waals surface area contributed by atoms with Crippen LogP contribution in [0.25, 0.3) is 10.8 Å². The molecule has 0 atom stereocenters. The van der Waals surface area contributed by atoms with Crippen LogP contribution >= 0.6 is 11.8 Å². The molecule has 0 fully saturated rings. The number of ether oxygens (including phenoxy) is 1. The molecule has 2 aromatic carbocycles. The average Bonchev–Trinajstić information content (AvgIpc) is 2.51. The van der Waals surface area contributed by atoms with Crippen LogP contribution in [0, 0.1) is 0 Å². The Kier molecular flexibility index (Phi) is 3.48. The van der Waals surface area contributed by atoms with Crippen LogP contribution in [-0.2, 0) is 0 Å². The fourth-order valence-corrected chi connectivity index (χ4v) is 2.45. The fraction of sp³-hybridized carbons (Fsp3) is 0.0625. The zero-order valence-electron chi connectivity index (χ0n) is 11.0. The third-order valence-corrected chi connectivity index (χ3v) is 3.84. The van der Waals surface area contributed by atoms with Crippen LogP contribution < -0.4 is 10.5 Å². The summed E-state index contributed by atoms with van der Waals surface area (Å²) in [5, 5.41) is 1.87. The third kappa shape index (κ3) is 2.42. The van der Waals surface area contributed by atoms with E-state index in [9.17, 15) is 0 Å². The first-order chi connectivity index (χ1) is 9.78. The van der Waals surface area contributed by atoms with E-state index in [1.165, 1.54) is 4.90 Å². The van der Waals surface area contributed by atoms with Gasteiger partial charge in [0.15, 0.2) is 0 Å². The summed E-state index contributed by atoms with van der Waals surface area (Å²) in [4.78, 5) is 5.32. The van der Waals surface area contributed by atoms with Crippen LogP contribution in [0.3, 0.4) is 0 Å². The number of fused-ring (bicyclic) bond motifs is 1. The Labute approximate surface area is 121 Å². The van der Waals surface area contributed by atoms with E-state index in [1.54, 1.807) is 24.2 Å². The van der Waals surface area contributed by atoms with Crippen molar-refractivity contribution in [2.45, 2.75) is 4.90 Å². The van der Waals surface area contributed by atoms with Gasteiger partial charge in [-0.05, 0) is 48.7 Å². The predicted molar refractivity (Wildman–Crippen MR) is 84.5 cm³/mol. The van der Waals surface area contributed by atoms with Gasteiger partial charge in [0.05, 0.1) is 0 Å². The van der Waals surface area contributed by atoms with E-state index >= 15 is 0 Å². The number of thioether (sulfide) groups is 1. The standard InChI is InChI=1S/C16H14N2OS/c1-20-12-4-2-11(3-5-12)19-16-7-6-15(17)14-10-18-9-8-13(14)16/h2-10H,17H2,1H3. The molecule has 2 N–H and O–H groups in total. The maximum absolute atomic E-state index is 5.96. The minimum absolute atomic E-state index is 0.707. The summed E-state index contributed by atoms with van der Waals surface area (Å²) in [6.07, 6.45) is 5.55. The Morgan fingerprint density at radius 3 is 2.55 bits per heavy atom. The van der Waals surface area contributed by atoms with E-state index in [2.05, 4.69) is 11.2 Å². The molecule has 3 aromatic rings. The van der Waals surface area contributed by atoms with Crippen molar-refractivity contribution in [1.82, 2.24) is 4.98 Å². The van der Waals surface area contributed by atoms with E-state index in [0.29, 0.717) is 5.69 Å². The topological polar surface area (TPSA) is 48.1 Å². The number of nitrogen functional groups attached to an aromatic ring is 1. The Balaban J connectivity index is 2.00. The normalized spacial score (nSPS) is 10.7. The van der Waals surface area contributed by atoms with Crippen molar-refractivity contribution >= 4 is 28.2 Å². The monoisotopic (exact) mass is 282 g/mol. The molecule has 0 saturated carbocycles. The molecule has 0 unspecified atom stereocenters. The second-order valence-electron chi connectivity index (χ2n) is 4.35. The van der Waals surface area contributed by atoms with Gasteiger partial charge in [-0.25, -0.2) is 0 Å². The van der Waals surface area contributed by atoms with Gasteiger partial charge in [0.25, 0.3) is 0 Å². The van der Waals surface area contributed by atoms with Gasteiger partial charge in [-0.1, -0.05) is 0 Å². The predicted octanol–water partition coefficient (Wildman–Crippen LogP) is 4.33. The van der Waals surface area contributed by atoms with Gasteiger partial charge in [-0.2, -0.15) is 0 Å². The first-order valence-electron chi connectivity index (χ1n) is 6.22. The third-order valence-electron chi connectivity index (χ3n) is 3.10. The molecule has 20 heavy (non-hydrogen) atoms. The van der Waals surface area contributed by atoms with Gasteiger partial charge in [0, 0.05) is 33.7 Å². The van der Waals surface area contributed by atoms with Gasteiger partial charge >= 0.3 is 0 Å². The molecule has 0 saturated heterocycles. The van der Waals surface area contributed by atoms with Crippen LogP contribution in [0.1, 0.15) is 0 Å². The van der Waals surface area contributed by atoms with Crippen molar-refractivity contribution in [1.29, 1.82) is 0 Å². The highest BCUT2D eigenvalue weighted by Gasteiger charge is 2.06. The molecule has 0 amide bonds. The maximum Gasteiger partial charge on any atom is 0.135 e. The first kappa shape index (κ1) is 12.8. The molecular formula is C16H14N2OS. The molecular weight excluding hydrogens is 268 g/mol. The molecule has 0 aliphatic heterocycles. The van der Waals surface area contributed by atoms with Crippen LogP contribution in [0.2, 0.25) is 0 Å². The number of nitrogens with two attached hydrogens (primary N) is 1. The summed E-state index contributed by atoms with van der Waals surface area (Å²) in [5.74, 6) is 1.60. The van der Waals surface area contributed by atoms with Crippen LogP contribution in [0.5, 0.6) is 11.5 Å². The molecule has 100 valence electrons. The lowest BCUT2D eigenvalue weighted by Gasteiger charge is -2.10. The fourth-order valence-electron chi connectivity index (χ4n) is 2.04. The number of hydrogen-bond donors (Lipinski definition) is 1. The summed E-state index contributed by atoms with van der Waals surface area (Å²) < 4.78 is 5.95. The summed E-state index contributed by atoms with van der Waals surface area (Å²) in [5.41, 5.74) is 6.66. The van der Waals surface area contributed by atoms with Crippen LogP contribution in [-0.4, -0.2) is 11.2 Å². The highest BCUT2D eigenvalue weighted by molar-refractivity contribution is 7.98. The van der Waals surface area contributed by atoms with Gasteiger partial charge in [-0.15, -0.1) is 11.8 Å². The molecule has 0 aliphatic carbocycles. The van der Waals surface area contributed by atoms with Crippen molar-refractivity contribution < 1.29 is 4.74 Å². The molecule has 0 bridgehead atoms. The minimum atomic E-state index is 0.707. The molecule has 4 heteroatoms. The van der Waals surface area contributed by atoms with E-state index in [4.69, 9.17) is 10.5 Å². The van der Waals surface area contributed by atoms with Crippen molar-refractivity contribution in [3.05, 3.63) is 54.9 Å². The number of nitrogens with zero attached hydrogens (tertiary/aromatic N) is 1. The van der Waals surface area contributed by atoms with Crippen molar-refractivity contribution in [2.24, 2.45) is 0 Å². The quantitative estimate of drug-likeness (QED) is 0.573. The number of anilines is 1. The summed E-state index contributed by atoms with van der Waals surface area (Å²) in [6, 6.07) is 13.7. The first-order valence-corrected chi connectivity index (χ1v) is 7.44. The van der Waals surface area contributed by atoms with E-state index in [0.717, 1.165) is 22.3 Å². The van der Waals surface area contributed by atoms with Gasteiger partial charge in [-0.3, -0.25) is 4.98 Å². The van der Waals surface area contributed by atoms with Crippen LogP contribution in [0.4, 0.5) is 5.69 Å². The Morgan fingerprint density at radius 1 is 1.00 bits per heavy atom. The van der Waals surface area contributed by atoms with Crippen molar-refractivity contribution in [3.63, 3.8) is 0 Å². The summed E-state index contributed by atoms with van der Waals surface area (Å²) >= 11 is 1.71. The SMILES string of the molecule is CSc1ccc(Oc2ccc(N)c3cnccc23)cc1. The number of aromatic nitrogens is 1. The largest absolute Gasteiger partial charge is 0.457 e. The molecule has 0 radical (unpaired) electrons. The van der Waals surface area contributed by atoms with E-state index in [1.807, 2.05) is 42.5 Å². The highest BCUT2D eigenvalue weighted by atomic mass is 32.2. The van der Waals surface area contributed by atoms with Gasteiger partial charge in [0.2, 0.25) is 0 Å². The number of rotatable bonds is 3. The number of pyridine rings is 1. The molecule has 0 spiro atoms. The summed E-state index contributed by atoms with van der Waals surface area (Å²) in [6.45, 7) is 0. The lowest BCUT2D eigenvalue weighted by molar-refractivity contribution is 0.488. The van der Waals surface area contributed by atoms with Crippen LogP contribution in [0.15, 0.2) is 59.8 Å². The lowest BCUT2D eigenvalue weighted by Crippen LogP contribution is -1.91. The van der Waals surface area contributed by atoms with Crippen molar-refractivity contribution in [2.75, 3.05) is 12.0 Å². The second-order valence-corrected chi connectivity index (χ2v) is 5.23. The number of benzene rings is 2. The molecule has 3 nitrogen and oxygen atoms in total. The molecule has 1 heterocycles. The van der Waals surface area contributed by atoms with Gasteiger partial charge in [0.1, 0.15) is 11.5 Å². The van der Waals surface area contributed by atoms with Crippen molar-refractivity contribution in [3.8, 4) is 11.5 Å². The maximum atomic E-state index is 5.96. The van der Waals surface area contributed by atoms with E-state index < -0.39 is 0 Å². The average molecular weight is 282 g/mol. The summed E-state index contributed by atoms with van der Waals surface area (Å²) in [7, 11) is 0. The molecule has 1 aromatic heterocycles. The minimum Gasteiger partial charge on any atom is -0.457 e. The number of hydrogen-bond acceptors (Lipinski definition) is 4. The lowest BCUT2D eigenvalue weighted by atomic mass is 10.1.